The summed E-state index contributed by atoms with van der Waals surface area (Å²) >= 11 is 0. The van der Waals surface area contributed by atoms with Crippen LogP contribution in [0.15, 0.2) is 54.6 Å². The molecule has 0 aliphatic carbocycles. The van der Waals surface area contributed by atoms with Gasteiger partial charge in [-0.3, -0.25) is 15.0 Å². The molecule has 1 aliphatic heterocycles. The lowest BCUT2D eigenvalue weighted by Crippen LogP contribution is -2.47. The molecule has 0 radical (unpaired) electrons. The van der Waals surface area contributed by atoms with Crippen LogP contribution < -0.4 is 9.64 Å². The van der Waals surface area contributed by atoms with E-state index in [9.17, 15) is 15.2 Å². The van der Waals surface area contributed by atoms with Gasteiger partial charge in [-0.05, 0) is 30.7 Å². The number of non-ortho nitro benzene ring substituents is 1. The van der Waals surface area contributed by atoms with Gasteiger partial charge in [-0.15, -0.1) is 0 Å². The van der Waals surface area contributed by atoms with Crippen molar-refractivity contribution in [2.24, 2.45) is 0 Å². The summed E-state index contributed by atoms with van der Waals surface area (Å²) in [7, 11) is 0. The van der Waals surface area contributed by atoms with E-state index in [1.807, 2.05) is 30.3 Å². The molecular formula is C20H25N3O4. The average Bonchev–Trinajstić information content (AvgIpc) is 2.72. The van der Waals surface area contributed by atoms with Gasteiger partial charge < -0.3 is 14.7 Å². The topological polar surface area (TPSA) is 79.1 Å². The quantitative estimate of drug-likeness (QED) is 0.567. The van der Waals surface area contributed by atoms with Crippen LogP contribution in [-0.4, -0.2) is 60.4 Å². The molecule has 1 atom stereocenters. The lowest BCUT2D eigenvalue weighted by atomic mass is 10.2. The molecule has 1 fully saturated rings. The van der Waals surface area contributed by atoms with Gasteiger partial charge in [0, 0.05) is 50.5 Å². The van der Waals surface area contributed by atoms with Gasteiger partial charge in [0.15, 0.2) is 0 Å². The van der Waals surface area contributed by atoms with E-state index in [1.54, 1.807) is 24.3 Å². The van der Waals surface area contributed by atoms with Crippen LogP contribution in [-0.2, 0) is 0 Å². The molecule has 0 saturated carbocycles. The van der Waals surface area contributed by atoms with Crippen molar-refractivity contribution < 1.29 is 14.8 Å². The number of benzene rings is 2. The lowest BCUT2D eigenvalue weighted by molar-refractivity contribution is -0.384. The number of aliphatic hydroxyl groups excluding tert-OH is 1. The van der Waals surface area contributed by atoms with Crippen LogP contribution in [0, 0.1) is 10.1 Å². The normalized spacial score (nSPS) is 16.1. The highest BCUT2D eigenvalue weighted by Crippen LogP contribution is 2.20. The Morgan fingerprint density at radius 1 is 1.04 bits per heavy atom. The third-order valence-corrected chi connectivity index (χ3v) is 4.76. The highest BCUT2D eigenvalue weighted by atomic mass is 16.6. The molecule has 1 unspecified atom stereocenters. The van der Waals surface area contributed by atoms with Crippen LogP contribution in [0.5, 0.6) is 5.75 Å². The number of anilines is 1. The average molecular weight is 371 g/mol. The largest absolute Gasteiger partial charge is 0.491 e. The molecule has 1 heterocycles. The molecule has 2 aromatic carbocycles. The van der Waals surface area contributed by atoms with Crippen LogP contribution in [0.4, 0.5) is 11.4 Å². The van der Waals surface area contributed by atoms with Crippen molar-refractivity contribution in [3.8, 4) is 5.75 Å². The van der Waals surface area contributed by atoms with E-state index in [0.29, 0.717) is 13.0 Å². The zero-order valence-corrected chi connectivity index (χ0v) is 15.2. The Morgan fingerprint density at radius 3 is 2.33 bits per heavy atom. The first-order valence-electron chi connectivity index (χ1n) is 9.19. The van der Waals surface area contributed by atoms with Crippen molar-refractivity contribution in [2.45, 2.75) is 12.5 Å². The first-order valence-corrected chi connectivity index (χ1v) is 9.19. The molecule has 27 heavy (non-hydrogen) atoms. The number of piperazine rings is 1. The molecule has 2 aromatic rings. The molecule has 1 saturated heterocycles. The summed E-state index contributed by atoms with van der Waals surface area (Å²) in [4.78, 5) is 14.9. The van der Waals surface area contributed by atoms with Gasteiger partial charge in [-0.25, -0.2) is 0 Å². The van der Waals surface area contributed by atoms with Gasteiger partial charge in [0.25, 0.3) is 5.69 Å². The van der Waals surface area contributed by atoms with E-state index in [2.05, 4.69) is 9.80 Å². The monoisotopic (exact) mass is 371 g/mol. The van der Waals surface area contributed by atoms with Crippen LogP contribution >= 0.6 is 0 Å². The maximum Gasteiger partial charge on any atom is 0.269 e. The number of para-hydroxylation sites is 1. The summed E-state index contributed by atoms with van der Waals surface area (Å²) in [6.45, 7) is 4.68. The fraction of sp³-hybridized carbons (Fsp3) is 0.400. The Bertz CT molecular complexity index is 716. The SMILES string of the molecule is O=[N+]([O-])c1ccc(N2CCN(CCC(O)COc3ccccc3)CC2)cc1. The van der Waals surface area contributed by atoms with Crippen LogP contribution in [0.25, 0.3) is 0 Å². The van der Waals surface area contributed by atoms with Gasteiger partial charge in [0.1, 0.15) is 12.4 Å². The van der Waals surface area contributed by atoms with Crippen molar-refractivity contribution in [1.82, 2.24) is 4.90 Å². The summed E-state index contributed by atoms with van der Waals surface area (Å²) in [5, 5.41) is 20.9. The van der Waals surface area contributed by atoms with Crippen LogP contribution in [0.1, 0.15) is 6.42 Å². The second kappa shape index (κ2) is 9.34. The Balaban J connectivity index is 1.37. The third kappa shape index (κ3) is 5.67. The summed E-state index contributed by atoms with van der Waals surface area (Å²) in [6, 6.07) is 16.2. The van der Waals surface area contributed by atoms with E-state index < -0.39 is 6.10 Å². The van der Waals surface area contributed by atoms with E-state index >= 15 is 0 Å². The summed E-state index contributed by atoms with van der Waals surface area (Å²) in [6.07, 6.45) is 0.183. The molecular weight excluding hydrogens is 346 g/mol. The number of hydrogen-bond donors (Lipinski definition) is 1. The molecule has 0 amide bonds. The van der Waals surface area contributed by atoms with Crippen molar-refractivity contribution in [3.05, 3.63) is 64.7 Å². The smallest absolute Gasteiger partial charge is 0.269 e. The first-order chi connectivity index (χ1) is 13.1. The third-order valence-electron chi connectivity index (χ3n) is 4.76. The number of aliphatic hydroxyl groups is 1. The standard InChI is InChI=1S/C20H25N3O4/c24-19(16-27-20-4-2-1-3-5-20)10-11-21-12-14-22(15-13-21)17-6-8-18(9-7-17)23(25)26/h1-9,19,24H,10-16H2. The Morgan fingerprint density at radius 2 is 1.70 bits per heavy atom. The van der Waals surface area contributed by atoms with Crippen molar-refractivity contribution in [2.75, 3.05) is 44.2 Å². The van der Waals surface area contributed by atoms with Gasteiger partial charge >= 0.3 is 0 Å². The maximum absolute atomic E-state index is 10.7. The van der Waals surface area contributed by atoms with Gasteiger partial charge in [-0.1, -0.05) is 18.2 Å². The van der Waals surface area contributed by atoms with Gasteiger partial charge in [0.2, 0.25) is 0 Å². The van der Waals surface area contributed by atoms with Crippen molar-refractivity contribution >= 4 is 11.4 Å². The predicted molar refractivity (Wildman–Crippen MR) is 104 cm³/mol. The fourth-order valence-electron chi connectivity index (χ4n) is 3.14. The van der Waals surface area contributed by atoms with Crippen molar-refractivity contribution in [1.29, 1.82) is 0 Å². The number of nitro groups is 1. The minimum Gasteiger partial charge on any atom is -0.491 e. The first kappa shape index (κ1) is 19.1. The Labute approximate surface area is 158 Å². The summed E-state index contributed by atoms with van der Waals surface area (Å²) in [5.74, 6) is 0.772. The number of nitro benzene ring substituents is 1. The van der Waals surface area contributed by atoms with Crippen LogP contribution in [0.2, 0.25) is 0 Å². The highest BCUT2D eigenvalue weighted by Gasteiger charge is 2.18. The molecule has 144 valence electrons. The van der Waals surface area contributed by atoms with E-state index in [-0.39, 0.29) is 10.6 Å². The Kier molecular flexibility index (Phi) is 6.62. The zero-order valence-electron chi connectivity index (χ0n) is 15.2. The zero-order chi connectivity index (χ0) is 19.1. The lowest BCUT2D eigenvalue weighted by Gasteiger charge is -2.36. The summed E-state index contributed by atoms with van der Waals surface area (Å²) in [5.41, 5.74) is 1.13. The van der Waals surface area contributed by atoms with Crippen LogP contribution in [0.3, 0.4) is 0 Å². The van der Waals surface area contributed by atoms with E-state index in [0.717, 1.165) is 44.2 Å². The van der Waals surface area contributed by atoms with E-state index in [4.69, 9.17) is 4.74 Å². The molecule has 7 nitrogen and oxygen atoms in total. The molecule has 7 heteroatoms. The summed E-state index contributed by atoms with van der Waals surface area (Å²) < 4.78 is 5.58. The fourth-order valence-corrected chi connectivity index (χ4v) is 3.14. The molecule has 0 spiro atoms. The molecule has 0 bridgehead atoms. The van der Waals surface area contributed by atoms with Gasteiger partial charge in [-0.2, -0.15) is 0 Å². The maximum atomic E-state index is 10.7. The number of nitrogens with zero attached hydrogens (tertiary/aromatic N) is 3. The van der Waals surface area contributed by atoms with Gasteiger partial charge in [0.05, 0.1) is 11.0 Å². The molecule has 0 aromatic heterocycles. The number of ether oxygens (including phenoxy) is 1. The minimum absolute atomic E-state index is 0.115. The second-order valence-corrected chi connectivity index (χ2v) is 6.67. The highest BCUT2D eigenvalue weighted by molar-refractivity contribution is 5.51. The van der Waals surface area contributed by atoms with Crippen molar-refractivity contribution in [3.63, 3.8) is 0 Å². The Hall–Kier alpha value is -2.64. The predicted octanol–water partition coefficient (Wildman–Crippen LogP) is 2.55. The second-order valence-electron chi connectivity index (χ2n) is 6.67. The number of hydrogen-bond acceptors (Lipinski definition) is 6. The minimum atomic E-state index is -0.488. The van der Waals surface area contributed by atoms with E-state index in [1.165, 1.54) is 0 Å². The number of rotatable bonds is 8. The molecule has 1 N–H and O–H groups in total. The molecule has 3 rings (SSSR count). The molecule has 1 aliphatic rings.